The highest BCUT2D eigenvalue weighted by molar-refractivity contribution is 5.84. The first-order valence-corrected chi connectivity index (χ1v) is 5.33. The smallest absolute Gasteiger partial charge is 0.328 e. The van der Waals surface area contributed by atoms with Crippen LogP contribution in [0.3, 0.4) is 0 Å². The highest BCUT2D eigenvalue weighted by Crippen LogP contribution is 2.00. The Labute approximate surface area is 104 Å². The first-order chi connectivity index (χ1) is 8.63. The van der Waals surface area contributed by atoms with Crippen LogP contribution in [0.15, 0.2) is 30.3 Å². The van der Waals surface area contributed by atoms with Gasteiger partial charge < -0.3 is 15.2 Å². The fraction of sp³-hybridized carbons (Fsp3) is 0.333. The molecule has 5 nitrogen and oxygen atoms in total. The average molecular weight is 255 g/mol. The van der Waals surface area contributed by atoms with Gasteiger partial charge in [0.1, 0.15) is 13.3 Å². The highest BCUT2D eigenvalue weighted by atomic mass is 19.1. The van der Waals surface area contributed by atoms with Crippen LogP contribution in [0.5, 0.6) is 0 Å². The quantitative estimate of drug-likeness (QED) is 0.753. The van der Waals surface area contributed by atoms with Crippen molar-refractivity contribution in [3.05, 3.63) is 35.9 Å². The third-order valence-corrected chi connectivity index (χ3v) is 2.13. The van der Waals surface area contributed by atoms with Gasteiger partial charge in [-0.1, -0.05) is 30.3 Å². The topological polar surface area (TPSA) is 75.6 Å². The van der Waals surface area contributed by atoms with E-state index in [-0.39, 0.29) is 13.2 Å². The number of hydrogen-bond donors (Lipinski definition) is 2. The zero-order valence-electron chi connectivity index (χ0n) is 9.64. The van der Waals surface area contributed by atoms with Gasteiger partial charge in [0, 0.05) is 0 Å². The Morgan fingerprint density at radius 1 is 1.33 bits per heavy atom. The molecule has 0 heterocycles. The molecule has 0 aliphatic carbocycles. The van der Waals surface area contributed by atoms with Crippen molar-refractivity contribution in [3.8, 4) is 0 Å². The molecule has 0 saturated heterocycles. The van der Waals surface area contributed by atoms with E-state index in [2.05, 4.69) is 0 Å². The number of carbonyl (C=O) groups excluding carboxylic acids is 1. The lowest BCUT2D eigenvalue weighted by molar-refractivity contribution is -0.143. The number of carbonyl (C=O) groups is 2. The summed E-state index contributed by atoms with van der Waals surface area (Å²) in [6, 6.07) is 7.68. The van der Waals surface area contributed by atoms with Crippen molar-refractivity contribution in [2.45, 2.75) is 12.6 Å². The number of nitrogens with one attached hydrogen (secondary N) is 1. The lowest BCUT2D eigenvalue weighted by Crippen LogP contribution is -2.43. The molecule has 98 valence electrons. The van der Waals surface area contributed by atoms with Crippen molar-refractivity contribution in [2.75, 3.05) is 13.3 Å². The Morgan fingerprint density at radius 3 is 2.56 bits per heavy atom. The molecule has 1 rings (SSSR count). The summed E-state index contributed by atoms with van der Waals surface area (Å²) in [5, 5.41) is 10.5. The van der Waals surface area contributed by atoms with Crippen molar-refractivity contribution in [1.82, 2.24) is 5.32 Å². The maximum Gasteiger partial charge on any atom is 0.328 e. The molecule has 0 spiro atoms. The molecule has 1 unspecified atom stereocenters. The van der Waals surface area contributed by atoms with Crippen LogP contribution < -0.4 is 5.32 Å². The van der Waals surface area contributed by atoms with Gasteiger partial charge in [0.2, 0.25) is 5.91 Å². The van der Waals surface area contributed by atoms with E-state index in [0.717, 1.165) is 5.56 Å². The number of benzene rings is 1. The van der Waals surface area contributed by atoms with Gasteiger partial charge in [-0.2, -0.15) is 0 Å². The first kappa shape index (κ1) is 14.1. The van der Waals surface area contributed by atoms with E-state index in [9.17, 15) is 14.0 Å². The number of carboxylic acids is 1. The highest BCUT2D eigenvalue weighted by Gasteiger charge is 2.19. The van der Waals surface area contributed by atoms with Gasteiger partial charge in [-0.15, -0.1) is 0 Å². The maximum absolute atomic E-state index is 12.2. The van der Waals surface area contributed by atoms with E-state index < -0.39 is 24.6 Å². The molecule has 0 saturated carbocycles. The molecule has 18 heavy (non-hydrogen) atoms. The van der Waals surface area contributed by atoms with Crippen LogP contribution in [0.1, 0.15) is 5.56 Å². The van der Waals surface area contributed by atoms with E-state index in [1.165, 1.54) is 0 Å². The third kappa shape index (κ3) is 4.92. The van der Waals surface area contributed by atoms with Gasteiger partial charge >= 0.3 is 5.97 Å². The van der Waals surface area contributed by atoms with Crippen molar-refractivity contribution in [1.29, 1.82) is 0 Å². The SMILES string of the molecule is O=C(COCc1ccccc1)NC(CF)C(=O)O. The summed E-state index contributed by atoms with van der Waals surface area (Å²) < 4.78 is 17.3. The summed E-state index contributed by atoms with van der Waals surface area (Å²) in [6.07, 6.45) is 0. The number of amides is 1. The van der Waals surface area contributed by atoms with Crippen molar-refractivity contribution >= 4 is 11.9 Å². The molecule has 0 aliphatic rings. The van der Waals surface area contributed by atoms with Crippen molar-refractivity contribution in [2.24, 2.45) is 0 Å². The Bertz CT molecular complexity index is 396. The summed E-state index contributed by atoms with van der Waals surface area (Å²) in [5.41, 5.74) is 0.894. The zero-order chi connectivity index (χ0) is 13.4. The maximum atomic E-state index is 12.2. The fourth-order valence-electron chi connectivity index (χ4n) is 1.24. The number of carboxylic acid groups (broad SMARTS) is 1. The van der Waals surface area contributed by atoms with Crippen LogP contribution in [0.25, 0.3) is 0 Å². The Morgan fingerprint density at radius 2 is 2.00 bits per heavy atom. The van der Waals surface area contributed by atoms with E-state index in [0.29, 0.717) is 0 Å². The van der Waals surface area contributed by atoms with Gasteiger partial charge in [-0.25, -0.2) is 9.18 Å². The number of halogens is 1. The molecule has 1 atom stereocenters. The van der Waals surface area contributed by atoms with E-state index >= 15 is 0 Å². The molecule has 0 aromatic heterocycles. The summed E-state index contributed by atoms with van der Waals surface area (Å²) in [6.45, 7) is -1.22. The standard InChI is InChI=1S/C12H14FNO4/c13-6-10(12(16)17)14-11(15)8-18-7-9-4-2-1-3-5-9/h1-5,10H,6-8H2,(H,14,15)(H,16,17). The summed E-state index contributed by atoms with van der Waals surface area (Å²) in [4.78, 5) is 21.7. The van der Waals surface area contributed by atoms with Crippen molar-refractivity contribution < 1.29 is 23.8 Å². The summed E-state index contributed by atoms with van der Waals surface area (Å²) >= 11 is 0. The second kappa shape index (κ2) is 7.39. The Kier molecular flexibility index (Phi) is 5.79. The minimum atomic E-state index is -1.52. The van der Waals surface area contributed by atoms with Crippen LogP contribution >= 0.6 is 0 Å². The molecular weight excluding hydrogens is 241 g/mol. The Hall–Kier alpha value is -1.95. The number of rotatable bonds is 7. The predicted octanol–water partition coefficient (Wildman–Crippen LogP) is 0.742. The van der Waals surface area contributed by atoms with Gasteiger partial charge in [0.15, 0.2) is 6.04 Å². The molecule has 2 N–H and O–H groups in total. The van der Waals surface area contributed by atoms with Crippen LogP contribution in [0, 0.1) is 0 Å². The number of alkyl halides is 1. The molecule has 1 aromatic carbocycles. The van der Waals surface area contributed by atoms with Gasteiger partial charge in [-0.05, 0) is 5.56 Å². The lowest BCUT2D eigenvalue weighted by atomic mass is 10.2. The monoisotopic (exact) mass is 255 g/mol. The molecule has 0 fully saturated rings. The van der Waals surface area contributed by atoms with Gasteiger partial charge in [0.05, 0.1) is 6.61 Å². The first-order valence-electron chi connectivity index (χ1n) is 5.33. The molecule has 1 amide bonds. The minimum Gasteiger partial charge on any atom is -0.480 e. The molecule has 0 bridgehead atoms. The Balaban J connectivity index is 2.27. The number of ether oxygens (including phenoxy) is 1. The molecule has 0 radical (unpaired) electrons. The predicted molar refractivity (Wildman–Crippen MR) is 61.6 cm³/mol. The zero-order valence-corrected chi connectivity index (χ0v) is 9.64. The molecule has 0 aliphatic heterocycles. The second-order valence-corrected chi connectivity index (χ2v) is 3.59. The van der Waals surface area contributed by atoms with Gasteiger partial charge in [0.25, 0.3) is 0 Å². The lowest BCUT2D eigenvalue weighted by Gasteiger charge is -2.10. The van der Waals surface area contributed by atoms with Crippen molar-refractivity contribution in [3.63, 3.8) is 0 Å². The molecule has 1 aromatic rings. The van der Waals surface area contributed by atoms with Gasteiger partial charge in [-0.3, -0.25) is 4.79 Å². The second-order valence-electron chi connectivity index (χ2n) is 3.59. The van der Waals surface area contributed by atoms with E-state index in [1.54, 1.807) is 0 Å². The number of hydrogen-bond acceptors (Lipinski definition) is 3. The largest absolute Gasteiger partial charge is 0.480 e. The fourth-order valence-corrected chi connectivity index (χ4v) is 1.24. The average Bonchev–Trinajstić information content (AvgIpc) is 2.37. The minimum absolute atomic E-state index is 0.238. The normalized spacial score (nSPS) is 11.8. The van der Waals surface area contributed by atoms with Crippen LogP contribution in [0.4, 0.5) is 4.39 Å². The summed E-state index contributed by atoms with van der Waals surface area (Å²) in [5.74, 6) is -2.06. The van der Waals surface area contributed by atoms with Crippen LogP contribution in [0.2, 0.25) is 0 Å². The third-order valence-electron chi connectivity index (χ3n) is 2.13. The van der Waals surface area contributed by atoms with E-state index in [4.69, 9.17) is 9.84 Å². The molecular formula is C12H14FNO4. The summed E-state index contributed by atoms with van der Waals surface area (Å²) in [7, 11) is 0. The molecule has 6 heteroatoms. The van der Waals surface area contributed by atoms with E-state index in [1.807, 2.05) is 35.6 Å². The van der Waals surface area contributed by atoms with Crippen LogP contribution in [-0.2, 0) is 20.9 Å². The number of aliphatic carboxylic acids is 1. The van der Waals surface area contributed by atoms with Crippen LogP contribution in [-0.4, -0.2) is 36.3 Å².